The molecule has 3 rings (SSSR count). The summed E-state index contributed by atoms with van der Waals surface area (Å²) in [6.07, 6.45) is 0. The van der Waals surface area contributed by atoms with Gasteiger partial charge >= 0.3 is 5.97 Å². The molecule has 0 bridgehead atoms. The van der Waals surface area contributed by atoms with E-state index in [0.717, 1.165) is 16.0 Å². The lowest BCUT2D eigenvalue weighted by Crippen LogP contribution is -2.97. The van der Waals surface area contributed by atoms with Crippen molar-refractivity contribution in [3.8, 4) is 0 Å². The molecule has 2 fully saturated rings. The molecule has 2 N–H and O–H groups in total. The Labute approximate surface area is 134 Å². The van der Waals surface area contributed by atoms with Crippen molar-refractivity contribution < 1.29 is 24.4 Å². The molecule has 0 saturated carbocycles. The molecule has 0 radical (unpaired) electrons. The summed E-state index contributed by atoms with van der Waals surface area (Å²) in [7, 11) is 2.79. The Balaban J connectivity index is 2.14. The lowest BCUT2D eigenvalue weighted by molar-refractivity contribution is -0.731. The number of carbonyl (C=O) groups excluding carboxylic acids is 3. The first kappa shape index (κ1) is 15.7. The lowest BCUT2D eigenvalue weighted by Gasteiger charge is -2.24. The van der Waals surface area contributed by atoms with Gasteiger partial charge in [-0.2, -0.15) is 0 Å². The number of ether oxygens (including phenoxy) is 1. The number of amides is 2. The van der Waals surface area contributed by atoms with Gasteiger partial charge in [-0.15, -0.1) is 0 Å². The van der Waals surface area contributed by atoms with Gasteiger partial charge in [0, 0.05) is 19.5 Å². The number of methoxy groups -OCH3 is 1. The standard InChI is InChI=1S/C17H20N2O4/c1-9-7-5-6-8-10(9)13-11-12(15(21)19(3)14(11)20)17(2,18-13)16(22)23-4/h5-8,11-13,18H,1-4H3/p+1/t11-,12-,13+,17-/m0/s1. The first-order valence-electron chi connectivity index (χ1n) is 7.64. The maximum Gasteiger partial charge on any atom is 0.368 e. The van der Waals surface area contributed by atoms with Crippen molar-refractivity contribution in [1.29, 1.82) is 0 Å². The van der Waals surface area contributed by atoms with Crippen LogP contribution < -0.4 is 5.32 Å². The Hall–Kier alpha value is -2.21. The van der Waals surface area contributed by atoms with E-state index in [0.29, 0.717) is 0 Å². The SMILES string of the molecule is COC(=O)[C@@]1(C)[NH2+][C@H](c2ccccc2C)[C@H]2C(=O)N(C)C(=O)[C@H]21. The summed E-state index contributed by atoms with van der Waals surface area (Å²) in [5, 5.41) is 1.83. The summed E-state index contributed by atoms with van der Waals surface area (Å²) in [4.78, 5) is 38.7. The molecule has 23 heavy (non-hydrogen) atoms. The number of hydrogen-bond acceptors (Lipinski definition) is 4. The predicted molar refractivity (Wildman–Crippen MR) is 81.0 cm³/mol. The number of nitrogens with two attached hydrogens (primary N) is 1. The predicted octanol–water partition coefficient (Wildman–Crippen LogP) is -0.224. The van der Waals surface area contributed by atoms with Crippen LogP contribution in [0.1, 0.15) is 24.1 Å². The molecule has 1 aromatic rings. The van der Waals surface area contributed by atoms with E-state index in [1.165, 1.54) is 14.2 Å². The normalized spacial score (nSPS) is 33.0. The highest BCUT2D eigenvalue weighted by Gasteiger charge is 2.70. The van der Waals surface area contributed by atoms with E-state index in [2.05, 4.69) is 0 Å². The summed E-state index contributed by atoms with van der Waals surface area (Å²) in [5.41, 5.74) is 0.923. The van der Waals surface area contributed by atoms with Gasteiger partial charge in [0.05, 0.1) is 7.11 Å². The third-order valence-corrected chi connectivity index (χ3v) is 5.30. The van der Waals surface area contributed by atoms with Crippen molar-refractivity contribution in [3.05, 3.63) is 35.4 Å². The number of likely N-dealkylation sites (tertiary alicyclic amines) is 1. The average Bonchev–Trinajstić information content (AvgIpc) is 2.97. The second-order valence-corrected chi connectivity index (χ2v) is 6.56. The molecule has 1 aromatic carbocycles. The van der Waals surface area contributed by atoms with Crippen molar-refractivity contribution in [2.45, 2.75) is 25.4 Å². The van der Waals surface area contributed by atoms with Gasteiger partial charge in [0.25, 0.3) is 0 Å². The van der Waals surface area contributed by atoms with E-state index in [-0.39, 0.29) is 17.9 Å². The zero-order valence-electron chi connectivity index (χ0n) is 13.7. The van der Waals surface area contributed by atoms with E-state index in [4.69, 9.17) is 4.74 Å². The monoisotopic (exact) mass is 317 g/mol. The number of fused-ring (bicyclic) bond motifs is 1. The topological polar surface area (TPSA) is 80.3 Å². The molecule has 2 amide bonds. The Morgan fingerprint density at radius 2 is 1.91 bits per heavy atom. The number of imide groups is 1. The van der Waals surface area contributed by atoms with Gasteiger partial charge in [-0.05, 0) is 12.5 Å². The number of benzene rings is 1. The maximum absolute atomic E-state index is 12.6. The lowest BCUT2D eigenvalue weighted by atomic mass is 9.80. The molecule has 2 aliphatic rings. The fraction of sp³-hybridized carbons (Fsp3) is 0.471. The molecular formula is C17H21N2O4+. The van der Waals surface area contributed by atoms with Gasteiger partial charge < -0.3 is 10.1 Å². The molecule has 0 aromatic heterocycles. The van der Waals surface area contributed by atoms with E-state index in [1.807, 2.05) is 36.5 Å². The van der Waals surface area contributed by atoms with Crippen molar-refractivity contribution >= 4 is 17.8 Å². The quantitative estimate of drug-likeness (QED) is 0.604. The molecule has 0 unspecified atom stereocenters. The molecule has 4 atom stereocenters. The third-order valence-electron chi connectivity index (χ3n) is 5.30. The number of carbonyl (C=O) groups is 3. The number of hydrogen-bond donors (Lipinski definition) is 1. The van der Waals surface area contributed by atoms with Crippen LogP contribution in [-0.2, 0) is 19.1 Å². The Morgan fingerprint density at radius 3 is 2.52 bits per heavy atom. The fourth-order valence-electron chi connectivity index (χ4n) is 4.07. The molecule has 6 nitrogen and oxygen atoms in total. The first-order chi connectivity index (χ1) is 10.8. The zero-order valence-corrected chi connectivity index (χ0v) is 13.7. The highest BCUT2D eigenvalue weighted by molar-refractivity contribution is 6.08. The minimum atomic E-state index is -1.09. The van der Waals surface area contributed by atoms with Crippen LogP contribution in [0.25, 0.3) is 0 Å². The van der Waals surface area contributed by atoms with E-state index in [1.54, 1.807) is 6.92 Å². The summed E-state index contributed by atoms with van der Waals surface area (Å²) in [6.45, 7) is 3.66. The van der Waals surface area contributed by atoms with Crippen molar-refractivity contribution in [2.24, 2.45) is 11.8 Å². The first-order valence-corrected chi connectivity index (χ1v) is 7.64. The van der Waals surface area contributed by atoms with Crippen molar-refractivity contribution in [1.82, 2.24) is 4.90 Å². The summed E-state index contributed by atoms with van der Waals surface area (Å²) in [6, 6.07) is 7.48. The summed E-state index contributed by atoms with van der Waals surface area (Å²) >= 11 is 0. The van der Waals surface area contributed by atoms with Gasteiger partial charge in [0.2, 0.25) is 17.4 Å². The number of nitrogens with zero attached hydrogens (tertiary/aromatic N) is 1. The van der Waals surface area contributed by atoms with Gasteiger partial charge in [-0.25, -0.2) is 4.79 Å². The van der Waals surface area contributed by atoms with Crippen LogP contribution in [0.2, 0.25) is 0 Å². The van der Waals surface area contributed by atoms with E-state index in [9.17, 15) is 14.4 Å². The second-order valence-electron chi connectivity index (χ2n) is 6.56. The Kier molecular flexibility index (Phi) is 3.52. The molecule has 6 heteroatoms. The largest absolute Gasteiger partial charge is 0.464 e. The fourth-order valence-corrected chi connectivity index (χ4v) is 4.07. The molecule has 2 aliphatic heterocycles. The van der Waals surface area contributed by atoms with Gasteiger partial charge in [-0.1, -0.05) is 24.3 Å². The van der Waals surface area contributed by atoms with Crippen molar-refractivity contribution in [3.63, 3.8) is 0 Å². The summed E-state index contributed by atoms with van der Waals surface area (Å²) in [5.74, 6) is -2.24. The molecular weight excluding hydrogens is 296 g/mol. The maximum atomic E-state index is 12.6. The summed E-state index contributed by atoms with van der Waals surface area (Å²) < 4.78 is 4.93. The third kappa shape index (κ3) is 2.01. The van der Waals surface area contributed by atoms with Crippen LogP contribution in [0.3, 0.4) is 0 Å². The van der Waals surface area contributed by atoms with Crippen LogP contribution in [0, 0.1) is 18.8 Å². The van der Waals surface area contributed by atoms with Crippen LogP contribution in [0.15, 0.2) is 24.3 Å². The van der Waals surface area contributed by atoms with Crippen LogP contribution in [0.4, 0.5) is 0 Å². The minimum absolute atomic E-state index is 0.225. The number of rotatable bonds is 2. The molecule has 122 valence electrons. The van der Waals surface area contributed by atoms with Gasteiger partial charge in [0.15, 0.2) is 0 Å². The number of aryl methyl sites for hydroxylation is 1. The van der Waals surface area contributed by atoms with E-state index < -0.39 is 23.3 Å². The molecule has 0 aliphatic carbocycles. The number of esters is 1. The van der Waals surface area contributed by atoms with Crippen LogP contribution >= 0.6 is 0 Å². The smallest absolute Gasteiger partial charge is 0.368 e. The Bertz CT molecular complexity index is 702. The molecule has 0 spiro atoms. The van der Waals surface area contributed by atoms with Gasteiger partial charge in [-0.3, -0.25) is 14.5 Å². The number of quaternary nitrogens is 1. The second kappa shape index (κ2) is 5.16. The van der Waals surface area contributed by atoms with Gasteiger partial charge in [0.1, 0.15) is 17.9 Å². The van der Waals surface area contributed by atoms with E-state index >= 15 is 0 Å². The van der Waals surface area contributed by atoms with Crippen molar-refractivity contribution in [2.75, 3.05) is 14.2 Å². The highest BCUT2D eigenvalue weighted by Crippen LogP contribution is 2.44. The molecule has 2 heterocycles. The minimum Gasteiger partial charge on any atom is -0.464 e. The highest BCUT2D eigenvalue weighted by atomic mass is 16.5. The Morgan fingerprint density at radius 1 is 1.26 bits per heavy atom. The van der Waals surface area contributed by atoms with Crippen LogP contribution in [0.5, 0.6) is 0 Å². The van der Waals surface area contributed by atoms with Crippen LogP contribution in [-0.4, -0.2) is 42.4 Å². The zero-order chi connectivity index (χ0) is 16.9. The average molecular weight is 317 g/mol. The molecule has 2 saturated heterocycles.